The standard InChI is InChI=1S/C14H28N2O2/c1-6-18-14(17)13(15-10(2)3)9-16(5)8-12-7-11(12)4/h10-13,15H,6-9H2,1-5H3. The predicted molar refractivity (Wildman–Crippen MR) is 73.5 cm³/mol. The Kier molecular flexibility index (Phi) is 6.09. The van der Waals surface area contributed by atoms with Gasteiger partial charge in [-0.25, -0.2) is 0 Å². The van der Waals surface area contributed by atoms with Crippen LogP contribution in [0.4, 0.5) is 0 Å². The Morgan fingerprint density at radius 1 is 1.50 bits per heavy atom. The van der Waals surface area contributed by atoms with Crippen LogP contribution in [0.25, 0.3) is 0 Å². The highest BCUT2D eigenvalue weighted by molar-refractivity contribution is 5.76. The van der Waals surface area contributed by atoms with E-state index in [9.17, 15) is 4.79 Å². The van der Waals surface area contributed by atoms with Crippen LogP contribution in [-0.2, 0) is 9.53 Å². The quantitative estimate of drug-likeness (QED) is 0.668. The van der Waals surface area contributed by atoms with Crippen molar-refractivity contribution < 1.29 is 9.53 Å². The van der Waals surface area contributed by atoms with Gasteiger partial charge in [0.15, 0.2) is 0 Å². The Labute approximate surface area is 111 Å². The molecule has 0 aliphatic heterocycles. The van der Waals surface area contributed by atoms with E-state index in [0.29, 0.717) is 6.61 Å². The molecule has 4 heteroatoms. The first kappa shape index (κ1) is 15.4. The average molecular weight is 256 g/mol. The molecule has 1 aliphatic rings. The third kappa shape index (κ3) is 5.36. The Hall–Kier alpha value is -0.610. The minimum Gasteiger partial charge on any atom is -0.465 e. The van der Waals surface area contributed by atoms with Crippen LogP contribution in [0.1, 0.15) is 34.1 Å². The fraction of sp³-hybridized carbons (Fsp3) is 0.929. The molecular formula is C14H28N2O2. The van der Waals surface area contributed by atoms with Crippen LogP contribution in [0.2, 0.25) is 0 Å². The van der Waals surface area contributed by atoms with Crippen LogP contribution < -0.4 is 5.32 Å². The SMILES string of the molecule is CCOC(=O)C(CN(C)CC1CC1C)NC(C)C. The molecule has 1 N–H and O–H groups in total. The highest BCUT2D eigenvalue weighted by atomic mass is 16.5. The highest BCUT2D eigenvalue weighted by Crippen LogP contribution is 2.37. The van der Waals surface area contributed by atoms with Gasteiger partial charge in [-0.2, -0.15) is 0 Å². The summed E-state index contributed by atoms with van der Waals surface area (Å²) in [4.78, 5) is 14.1. The number of hydrogen-bond donors (Lipinski definition) is 1. The third-order valence-corrected chi connectivity index (χ3v) is 3.42. The van der Waals surface area contributed by atoms with Crippen LogP contribution in [-0.4, -0.2) is 49.7 Å². The summed E-state index contributed by atoms with van der Waals surface area (Å²) in [5.74, 6) is 1.53. The van der Waals surface area contributed by atoms with Gasteiger partial charge < -0.3 is 15.0 Å². The van der Waals surface area contributed by atoms with Gasteiger partial charge in [-0.05, 0) is 32.2 Å². The molecule has 1 saturated carbocycles. The van der Waals surface area contributed by atoms with Crippen molar-refractivity contribution in [2.45, 2.75) is 46.2 Å². The molecular weight excluding hydrogens is 228 g/mol. The summed E-state index contributed by atoms with van der Waals surface area (Å²) in [5, 5.41) is 3.28. The van der Waals surface area contributed by atoms with Gasteiger partial charge >= 0.3 is 5.97 Å². The Balaban J connectivity index is 2.40. The molecule has 3 atom stereocenters. The van der Waals surface area contributed by atoms with Crippen molar-refractivity contribution in [3.05, 3.63) is 0 Å². The first-order valence-electron chi connectivity index (χ1n) is 7.05. The maximum atomic E-state index is 11.9. The molecule has 0 radical (unpaired) electrons. The number of nitrogens with one attached hydrogen (secondary N) is 1. The lowest BCUT2D eigenvalue weighted by molar-refractivity contribution is -0.146. The normalized spacial score (nSPS) is 24.4. The lowest BCUT2D eigenvalue weighted by Crippen LogP contribution is -2.48. The molecule has 0 bridgehead atoms. The number of carbonyl (C=O) groups excluding carboxylic acids is 1. The monoisotopic (exact) mass is 256 g/mol. The fourth-order valence-corrected chi connectivity index (χ4v) is 2.28. The van der Waals surface area contributed by atoms with E-state index < -0.39 is 0 Å². The molecule has 106 valence electrons. The zero-order valence-corrected chi connectivity index (χ0v) is 12.4. The highest BCUT2D eigenvalue weighted by Gasteiger charge is 2.34. The summed E-state index contributed by atoms with van der Waals surface area (Å²) in [6.07, 6.45) is 1.33. The fourth-order valence-electron chi connectivity index (χ4n) is 2.28. The smallest absolute Gasteiger partial charge is 0.324 e. The maximum absolute atomic E-state index is 11.9. The van der Waals surface area contributed by atoms with Gasteiger partial charge in [-0.15, -0.1) is 0 Å². The molecule has 0 aromatic rings. The van der Waals surface area contributed by atoms with Gasteiger partial charge in [0.2, 0.25) is 0 Å². The number of esters is 1. The largest absolute Gasteiger partial charge is 0.465 e. The Morgan fingerprint density at radius 3 is 2.56 bits per heavy atom. The average Bonchev–Trinajstić information content (AvgIpc) is 2.92. The molecule has 0 heterocycles. The summed E-state index contributed by atoms with van der Waals surface area (Å²) < 4.78 is 5.12. The number of likely N-dealkylation sites (N-methyl/N-ethyl adjacent to an activating group) is 1. The predicted octanol–water partition coefficient (Wildman–Crippen LogP) is 1.50. The molecule has 1 fully saturated rings. The summed E-state index contributed by atoms with van der Waals surface area (Å²) >= 11 is 0. The van der Waals surface area contributed by atoms with E-state index >= 15 is 0 Å². The zero-order valence-electron chi connectivity index (χ0n) is 12.4. The second kappa shape index (κ2) is 7.10. The van der Waals surface area contributed by atoms with Gasteiger partial charge in [0.1, 0.15) is 6.04 Å². The van der Waals surface area contributed by atoms with Crippen LogP contribution in [0.3, 0.4) is 0 Å². The molecule has 0 amide bonds. The molecule has 1 rings (SSSR count). The summed E-state index contributed by atoms with van der Waals surface area (Å²) in [7, 11) is 2.08. The number of ether oxygens (including phenoxy) is 1. The van der Waals surface area contributed by atoms with Crippen molar-refractivity contribution in [1.82, 2.24) is 10.2 Å². The van der Waals surface area contributed by atoms with E-state index in [2.05, 4.69) is 38.0 Å². The van der Waals surface area contributed by atoms with E-state index in [4.69, 9.17) is 4.74 Å². The Bertz CT molecular complexity index is 269. The number of hydrogen-bond acceptors (Lipinski definition) is 4. The first-order chi connectivity index (χ1) is 8.43. The molecule has 0 spiro atoms. The number of nitrogens with zero attached hydrogens (tertiary/aromatic N) is 1. The van der Waals surface area contributed by atoms with Crippen molar-refractivity contribution in [1.29, 1.82) is 0 Å². The number of carbonyl (C=O) groups is 1. The van der Waals surface area contributed by atoms with E-state index in [1.54, 1.807) is 0 Å². The minimum atomic E-state index is -0.219. The minimum absolute atomic E-state index is 0.137. The van der Waals surface area contributed by atoms with E-state index in [-0.39, 0.29) is 18.1 Å². The molecule has 3 unspecified atom stereocenters. The molecule has 0 saturated heterocycles. The van der Waals surface area contributed by atoms with Crippen molar-refractivity contribution in [3.8, 4) is 0 Å². The summed E-state index contributed by atoms with van der Waals surface area (Å²) in [5.41, 5.74) is 0. The topological polar surface area (TPSA) is 41.6 Å². The maximum Gasteiger partial charge on any atom is 0.324 e. The third-order valence-electron chi connectivity index (χ3n) is 3.42. The van der Waals surface area contributed by atoms with Crippen molar-refractivity contribution in [3.63, 3.8) is 0 Å². The van der Waals surface area contributed by atoms with Crippen LogP contribution in [0, 0.1) is 11.8 Å². The van der Waals surface area contributed by atoms with Crippen molar-refractivity contribution >= 4 is 5.97 Å². The van der Waals surface area contributed by atoms with Gasteiger partial charge in [-0.1, -0.05) is 20.8 Å². The Morgan fingerprint density at radius 2 is 2.11 bits per heavy atom. The molecule has 0 aromatic heterocycles. The van der Waals surface area contributed by atoms with Gasteiger partial charge in [0.25, 0.3) is 0 Å². The summed E-state index contributed by atoms with van der Waals surface area (Å²) in [6.45, 7) is 10.5. The van der Waals surface area contributed by atoms with E-state index in [1.165, 1.54) is 6.42 Å². The molecule has 0 aromatic carbocycles. The zero-order chi connectivity index (χ0) is 13.7. The van der Waals surface area contributed by atoms with Gasteiger partial charge in [-0.3, -0.25) is 4.79 Å². The first-order valence-corrected chi connectivity index (χ1v) is 7.05. The van der Waals surface area contributed by atoms with Crippen LogP contribution in [0.15, 0.2) is 0 Å². The van der Waals surface area contributed by atoms with E-state index in [1.807, 2.05) is 6.92 Å². The second-order valence-electron chi connectivity index (χ2n) is 5.82. The van der Waals surface area contributed by atoms with Crippen LogP contribution >= 0.6 is 0 Å². The van der Waals surface area contributed by atoms with E-state index in [0.717, 1.165) is 24.9 Å². The van der Waals surface area contributed by atoms with Gasteiger partial charge in [0, 0.05) is 19.1 Å². The van der Waals surface area contributed by atoms with Crippen LogP contribution in [0.5, 0.6) is 0 Å². The lowest BCUT2D eigenvalue weighted by atomic mass is 10.2. The molecule has 1 aliphatic carbocycles. The number of rotatable bonds is 8. The van der Waals surface area contributed by atoms with Crippen molar-refractivity contribution in [2.75, 3.05) is 26.7 Å². The summed E-state index contributed by atoms with van der Waals surface area (Å²) in [6, 6.07) is 0.0664. The molecule has 4 nitrogen and oxygen atoms in total. The molecule has 18 heavy (non-hydrogen) atoms. The second-order valence-corrected chi connectivity index (χ2v) is 5.82. The van der Waals surface area contributed by atoms with Gasteiger partial charge in [0.05, 0.1) is 6.61 Å². The van der Waals surface area contributed by atoms with Crippen molar-refractivity contribution in [2.24, 2.45) is 11.8 Å². The lowest BCUT2D eigenvalue weighted by Gasteiger charge is -2.25.